The van der Waals surface area contributed by atoms with Crippen molar-refractivity contribution >= 4 is 28.4 Å². The first-order chi connectivity index (χ1) is 8.66. The van der Waals surface area contributed by atoms with E-state index in [-0.39, 0.29) is 17.9 Å². The Labute approximate surface area is 110 Å². The topological polar surface area (TPSA) is 42.0 Å². The SMILES string of the molecule is CC1NC(=O)CC1c1ccc(Cl)c2cccnc12. The molecule has 0 saturated carbocycles. The Morgan fingerprint density at radius 3 is 2.94 bits per heavy atom. The van der Waals surface area contributed by atoms with Crippen molar-refractivity contribution in [1.82, 2.24) is 10.3 Å². The van der Waals surface area contributed by atoms with Gasteiger partial charge in [-0.25, -0.2) is 0 Å². The second-order valence-electron chi connectivity index (χ2n) is 4.70. The van der Waals surface area contributed by atoms with Crippen LogP contribution in [0.5, 0.6) is 0 Å². The molecule has 0 radical (unpaired) electrons. The number of benzene rings is 1. The molecule has 1 aromatic carbocycles. The van der Waals surface area contributed by atoms with E-state index in [2.05, 4.69) is 10.3 Å². The standard InChI is InChI=1S/C14H13ClN2O/c1-8-11(7-13(18)17-8)9-4-5-12(15)10-3-2-6-16-14(9)10/h2-6,8,11H,7H2,1H3,(H,17,18). The molecule has 2 heterocycles. The van der Waals surface area contributed by atoms with Crippen molar-refractivity contribution in [3.63, 3.8) is 0 Å². The number of pyridine rings is 1. The molecule has 1 fully saturated rings. The molecule has 18 heavy (non-hydrogen) atoms. The maximum absolute atomic E-state index is 11.5. The lowest BCUT2D eigenvalue weighted by atomic mass is 9.91. The van der Waals surface area contributed by atoms with Gasteiger partial charge in [0.05, 0.1) is 5.52 Å². The van der Waals surface area contributed by atoms with Gasteiger partial charge in [0.15, 0.2) is 0 Å². The third-order valence-corrected chi connectivity index (χ3v) is 3.87. The van der Waals surface area contributed by atoms with E-state index in [1.54, 1.807) is 6.20 Å². The van der Waals surface area contributed by atoms with E-state index in [1.807, 2.05) is 31.2 Å². The maximum atomic E-state index is 11.5. The lowest BCUT2D eigenvalue weighted by Gasteiger charge is -2.16. The van der Waals surface area contributed by atoms with Gasteiger partial charge in [-0.1, -0.05) is 17.7 Å². The van der Waals surface area contributed by atoms with Crippen LogP contribution in [0, 0.1) is 0 Å². The van der Waals surface area contributed by atoms with Crippen LogP contribution in [0.15, 0.2) is 30.5 Å². The highest BCUT2D eigenvalue weighted by Gasteiger charge is 2.31. The van der Waals surface area contributed by atoms with E-state index in [0.29, 0.717) is 11.4 Å². The molecule has 1 saturated heterocycles. The molecule has 1 aromatic heterocycles. The first-order valence-corrected chi connectivity index (χ1v) is 6.37. The van der Waals surface area contributed by atoms with Crippen LogP contribution in [-0.2, 0) is 4.79 Å². The van der Waals surface area contributed by atoms with Crippen LogP contribution in [-0.4, -0.2) is 16.9 Å². The Hall–Kier alpha value is -1.61. The van der Waals surface area contributed by atoms with Gasteiger partial charge >= 0.3 is 0 Å². The molecule has 3 rings (SSSR count). The number of carbonyl (C=O) groups is 1. The minimum Gasteiger partial charge on any atom is -0.353 e. The number of nitrogens with zero attached hydrogens (tertiary/aromatic N) is 1. The summed E-state index contributed by atoms with van der Waals surface area (Å²) >= 11 is 6.18. The lowest BCUT2D eigenvalue weighted by Crippen LogP contribution is -2.24. The molecule has 2 atom stereocenters. The van der Waals surface area contributed by atoms with Gasteiger partial charge in [0.2, 0.25) is 5.91 Å². The minimum atomic E-state index is 0.103. The zero-order valence-electron chi connectivity index (χ0n) is 9.98. The number of hydrogen-bond acceptors (Lipinski definition) is 2. The first-order valence-electron chi connectivity index (χ1n) is 5.99. The van der Waals surface area contributed by atoms with Crippen LogP contribution < -0.4 is 5.32 Å². The van der Waals surface area contributed by atoms with E-state index < -0.39 is 0 Å². The van der Waals surface area contributed by atoms with Gasteiger partial charge in [-0.3, -0.25) is 9.78 Å². The van der Waals surface area contributed by atoms with Crippen molar-refractivity contribution in [1.29, 1.82) is 0 Å². The Balaban J connectivity index is 2.18. The predicted octanol–water partition coefficient (Wildman–Crippen LogP) is 2.88. The molecule has 0 bridgehead atoms. The van der Waals surface area contributed by atoms with Gasteiger partial charge in [-0.2, -0.15) is 0 Å². The summed E-state index contributed by atoms with van der Waals surface area (Å²) in [5.41, 5.74) is 2.00. The molecule has 2 unspecified atom stereocenters. The van der Waals surface area contributed by atoms with Crippen LogP contribution in [0.25, 0.3) is 10.9 Å². The molecule has 3 nitrogen and oxygen atoms in total. The van der Waals surface area contributed by atoms with Crippen molar-refractivity contribution in [3.05, 3.63) is 41.0 Å². The fraction of sp³-hybridized carbons (Fsp3) is 0.286. The fourth-order valence-corrected chi connectivity index (χ4v) is 2.84. The number of halogens is 1. The van der Waals surface area contributed by atoms with E-state index in [0.717, 1.165) is 16.5 Å². The van der Waals surface area contributed by atoms with Gasteiger partial charge in [0, 0.05) is 35.0 Å². The van der Waals surface area contributed by atoms with E-state index in [4.69, 9.17) is 11.6 Å². The van der Waals surface area contributed by atoms with Crippen molar-refractivity contribution in [2.75, 3.05) is 0 Å². The summed E-state index contributed by atoms with van der Waals surface area (Å²) in [6.45, 7) is 2.03. The third kappa shape index (κ3) is 1.75. The second-order valence-corrected chi connectivity index (χ2v) is 5.11. The molecule has 2 aromatic rings. The highest BCUT2D eigenvalue weighted by molar-refractivity contribution is 6.35. The quantitative estimate of drug-likeness (QED) is 0.857. The normalized spacial score (nSPS) is 23.3. The predicted molar refractivity (Wildman–Crippen MR) is 71.7 cm³/mol. The number of amides is 1. The smallest absolute Gasteiger partial charge is 0.220 e. The Kier molecular flexibility index (Phi) is 2.71. The van der Waals surface area contributed by atoms with Gasteiger partial charge in [0.25, 0.3) is 0 Å². The number of hydrogen-bond donors (Lipinski definition) is 1. The zero-order valence-corrected chi connectivity index (χ0v) is 10.7. The van der Waals surface area contributed by atoms with Crippen LogP contribution in [0.2, 0.25) is 5.02 Å². The molecular weight excluding hydrogens is 248 g/mol. The highest BCUT2D eigenvalue weighted by Crippen LogP contribution is 2.34. The number of rotatable bonds is 1. The largest absolute Gasteiger partial charge is 0.353 e. The zero-order chi connectivity index (χ0) is 12.7. The molecule has 4 heteroatoms. The monoisotopic (exact) mass is 260 g/mol. The third-order valence-electron chi connectivity index (χ3n) is 3.54. The Bertz CT molecular complexity index is 626. The molecule has 1 aliphatic rings. The second kappa shape index (κ2) is 4.25. The summed E-state index contributed by atoms with van der Waals surface area (Å²) < 4.78 is 0. The van der Waals surface area contributed by atoms with E-state index >= 15 is 0 Å². The lowest BCUT2D eigenvalue weighted by molar-refractivity contribution is -0.119. The molecule has 0 aliphatic carbocycles. The van der Waals surface area contributed by atoms with Crippen molar-refractivity contribution in [2.24, 2.45) is 0 Å². The highest BCUT2D eigenvalue weighted by atomic mass is 35.5. The van der Waals surface area contributed by atoms with Gasteiger partial charge in [0.1, 0.15) is 0 Å². The maximum Gasteiger partial charge on any atom is 0.220 e. The summed E-state index contributed by atoms with van der Waals surface area (Å²) in [5.74, 6) is 0.277. The summed E-state index contributed by atoms with van der Waals surface area (Å²) in [4.78, 5) is 15.9. The Morgan fingerprint density at radius 1 is 1.39 bits per heavy atom. The number of nitrogens with one attached hydrogen (secondary N) is 1. The molecule has 1 amide bonds. The van der Waals surface area contributed by atoms with Gasteiger partial charge in [-0.05, 0) is 30.7 Å². The molecule has 0 spiro atoms. The number of carbonyl (C=O) groups excluding carboxylic acids is 1. The molecular formula is C14H13ClN2O. The van der Waals surface area contributed by atoms with Crippen LogP contribution in [0.4, 0.5) is 0 Å². The summed E-state index contributed by atoms with van der Waals surface area (Å²) in [7, 11) is 0. The van der Waals surface area contributed by atoms with Crippen molar-refractivity contribution in [3.8, 4) is 0 Å². The van der Waals surface area contributed by atoms with Crippen LogP contribution >= 0.6 is 11.6 Å². The van der Waals surface area contributed by atoms with Gasteiger partial charge < -0.3 is 5.32 Å². The average molecular weight is 261 g/mol. The van der Waals surface area contributed by atoms with Crippen LogP contribution in [0.3, 0.4) is 0 Å². The number of aromatic nitrogens is 1. The molecule has 1 aliphatic heterocycles. The summed E-state index contributed by atoms with van der Waals surface area (Å²) in [5, 5.41) is 4.59. The van der Waals surface area contributed by atoms with E-state index in [9.17, 15) is 4.79 Å². The Morgan fingerprint density at radius 2 is 2.22 bits per heavy atom. The molecule has 92 valence electrons. The van der Waals surface area contributed by atoms with Crippen molar-refractivity contribution in [2.45, 2.75) is 25.3 Å². The van der Waals surface area contributed by atoms with E-state index in [1.165, 1.54) is 0 Å². The average Bonchev–Trinajstić information content (AvgIpc) is 2.69. The summed E-state index contributed by atoms with van der Waals surface area (Å²) in [6, 6.07) is 7.85. The first kappa shape index (κ1) is 11.5. The fourth-order valence-electron chi connectivity index (χ4n) is 2.63. The van der Waals surface area contributed by atoms with Crippen LogP contribution in [0.1, 0.15) is 24.8 Å². The molecule has 1 N–H and O–H groups in total. The number of fused-ring (bicyclic) bond motifs is 1. The minimum absolute atomic E-state index is 0.103. The summed E-state index contributed by atoms with van der Waals surface area (Å²) in [6.07, 6.45) is 2.28. The van der Waals surface area contributed by atoms with Gasteiger partial charge in [-0.15, -0.1) is 0 Å². The van der Waals surface area contributed by atoms with Crippen molar-refractivity contribution < 1.29 is 4.79 Å².